The molecule has 0 radical (unpaired) electrons. The number of amides is 1. The van der Waals surface area contributed by atoms with Crippen LogP contribution in [-0.2, 0) is 4.79 Å². The van der Waals surface area contributed by atoms with Crippen molar-refractivity contribution in [1.82, 2.24) is 10.2 Å². The fourth-order valence-electron chi connectivity index (χ4n) is 2.01. The molecule has 1 aliphatic heterocycles. The molecule has 1 rings (SSSR count). The molecule has 0 aromatic heterocycles. The van der Waals surface area contributed by atoms with E-state index in [1.807, 2.05) is 6.92 Å². The lowest BCUT2D eigenvalue weighted by atomic mass is 10.0. The third kappa shape index (κ3) is 3.66. The van der Waals surface area contributed by atoms with Gasteiger partial charge in [0.2, 0.25) is 5.91 Å². The van der Waals surface area contributed by atoms with Gasteiger partial charge in [-0.2, -0.15) is 0 Å². The summed E-state index contributed by atoms with van der Waals surface area (Å²) in [6.07, 6.45) is 3.18. The summed E-state index contributed by atoms with van der Waals surface area (Å²) in [5.41, 5.74) is -0.0859. The predicted octanol–water partition coefficient (Wildman–Crippen LogP) is 1.39. The lowest BCUT2D eigenvalue weighted by molar-refractivity contribution is -0.122. The zero-order valence-corrected chi connectivity index (χ0v) is 9.60. The van der Waals surface area contributed by atoms with Gasteiger partial charge in [-0.05, 0) is 39.8 Å². The first-order chi connectivity index (χ1) is 6.53. The van der Waals surface area contributed by atoms with E-state index < -0.39 is 0 Å². The summed E-state index contributed by atoms with van der Waals surface area (Å²) in [5.74, 6) is 0.147. The highest BCUT2D eigenvalue weighted by atomic mass is 16.1. The second kappa shape index (κ2) is 4.78. The van der Waals surface area contributed by atoms with Gasteiger partial charge in [-0.3, -0.25) is 4.79 Å². The van der Waals surface area contributed by atoms with Gasteiger partial charge in [0, 0.05) is 18.5 Å². The maximum Gasteiger partial charge on any atom is 0.220 e. The van der Waals surface area contributed by atoms with E-state index in [1.54, 1.807) is 0 Å². The van der Waals surface area contributed by atoms with Gasteiger partial charge in [-0.25, -0.2) is 0 Å². The van der Waals surface area contributed by atoms with E-state index >= 15 is 0 Å². The Balaban J connectivity index is 2.35. The fraction of sp³-hybridized carbons (Fsp3) is 0.909. The van der Waals surface area contributed by atoms with Crippen molar-refractivity contribution in [3.63, 3.8) is 0 Å². The van der Waals surface area contributed by atoms with Crippen LogP contribution in [0.25, 0.3) is 0 Å². The number of carbonyl (C=O) groups excluding carboxylic acids is 1. The van der Waals surface area contributed by atoms with E-state index in [4.69, 9.17) is 0 Å². The molecular weight excluding hydrogens is 176 g/mol. The summed E-state index contributed by atoms with van der Waals surface area (Å²) in [6, 6.07) is 0. The van der Waals surface area contributed by atoms with Gasteiger partial charge in [0.1, 0.15) is 0 Å². The second-order valence-corrected chi connectivity index (χ2v) is 4.77. The number of hydrogen-bond donors (Lipinski definition) is 1. The smallest absolute Gasteiger partial charge is 0.220 e. The minimum Gasteiger partial charge on any atom is -0.350 e. The highest BCUT2D eigenvalue weighted by Crippen LogP contribution is 2.12. The van der Waals surface area contributed by atoms with E-state index in [2.05, 4.69) is 24.1 Å². The standard InChI is InChI=1S/C11H22N2O/c1-4-10(14)12-11(2,3)9-13-7-5-6-8-13/h4-9H2,1-3H3,(H,12,14). The van der Waals surface area contributed by atoms with Crippen molar-refractivity contribution in [2.24, 2.45) is 0 Å². The van der Waals surface area contributed by atoms with Crippen LogP contribution in [0.3, 0.4) is 0 Å². The average molecular weight is 198 g/mol. The monoisotopic (exact) mass is 198 g/mol. The maximum atomic E-state index is 11.3. The molecule has 0 aromatic carbocycles. The molecular formula is C11H22N2O. The van der Waals surface area contributed by atoms with Crippen LogP contribution in [0.2, 0.25) is 0 Å². The van der Waals surface area contributed by atoms with Crippen LogP contribution >= 0.6 is 0 Å². The van der Waals surface area contributed by atoms with Crippen molar-refractivity contribution in [2.75, 3.05) is 19.6 Å². The highest BCUT2D eigenvalue weighted by molar-refractivity contribution is 5.76. The Morgan fingerprint density at radius 1 is 1.36 bits per heavy atom. The summed E-state index contributed by atoms with van der Waals surface area (Å²) in [5, 5.41) is 3.05. The van der Waals surface area contributed by atoms with Gasteiger partial charge in [0.15, 0.2) is 0 Å². The molecule has 82 valence electrons. The summed E-state index contributed by atoms with van der Waals surface area (Å²) < 4.78 is 0. The van der Waals surface area contributed by atoms with E-state index in [0.29, 0.717) is 6.42 Å². The number of nitrogens with one attached hydrogen (secondary N) is 1. The molecule has 0 spiro atoms. The molecule has 0 aromatic rings. The average Bonchev–Trinajstić information content (AvgIpc) is 2.54. The van der Waals surface area contributed by atoms with Gasteiger partial charge in [-0.15, -0.1) is 0 Å². The van der Waals surface area contributed by atoms with Crippen molar-refractivity contribution >= 4 is 5.91 Å². The summed E-state index contributed by atoms with van der Waals surface area (Å²) >= 11 is 0. The van der Waals surface area contributed by atoms with Gasteiger partial charge < -0.3 is 10.2 Å². The SMILES string of the molecule is CCC(=O)NC(C)(C)CN1CCCC1. The van der Waals surface area contributed by atoms with Crippen molar-refractivity contribution < 1.29 is 4.79 Å². The van der Waals surface area contributed by atoms with Crippen molar-refractivity contribution in [3.8, 4) is 0 Å². The molecule has 1 amide bonds. The Morgan fingerprint density at radius 2 is 1.93 bits per heavy atom. The molecule has 0 atom stereocenters. The van der Waals surface area contributed by atoms with Crippen molar-refractivity contribution in [1.29, 1.82) is 0 Å². The number of hydrogen-bond acceptors (Lipinski definition) is 2. The summed E-state index contributed by atoms with van der Waals surface area (Å²) in [4.78, 5) is 13.7. The molecule has 14 heavy (non-hydrogen) atoms. The first-order valence-electron chi connectivity index (χ1n) is 5.57. The Hall–Kier alpha value is -0.570. The van der Waals surface area contributed by atoms with E-state index in [-0.39, 0.29) is 11.4 Å². The Bertz CT molecular complexity index is 195. The van der Waals surface area contributed by atoms with Crippen molar-refractivity contribution in [3.05, 3.63) is 0 Å². The summed E-state index contributed by atoms with van der Waals surface area (Å²) in [7, 11) is 0. The number of likely N-dealkylation sites (tertiary alicyclic amines) is 1. The number of rotatable bonds is 4. The van der Waals surface area contributed by atoms with E-state index in [0.717, 1.165) is 6.54 Å². The van der Waals surface area contributed by atoms with Crippen LogP contribution in [0, 0.1) is 0 Å². The minimum absolute atomic E-state index is 0.0859. The van der Waals surface area contributed by atoms with Crippen molar-refractivity contribution in [2.45, 2.75) is 45.6 Å². The van der Waals surface area contributed by atoms with E-state index in [9.17, 15) is 4.79 Å². The molecule has 0 bridgehead atoms. The third-order valence-electron chi connectivity index (χ3n) is 2.62. The topological polar surface area (TPSA) is 32.3 Å². The lowest BCUT2D eigenvalue weighted by Crippen LogP contribution is -2.50. The second-order valence-electron chi connectivity index (χ2n) is 4.77. The van der Waals surface area contributed by atoms with Crippen LogP contribution in [-0.4, -0.2) is 36.0 Å². The lowest BCUT2D eigenvalue weighted by Gasteiger charge is -2.31. The highest BCUT2D eigenvalue weighted by Gasteiger charge is 2.24. The quantitative estimate of drug-likeness (QED) is 0.740. The number of nitrogens with zero attached hydrogens (tertiary/aromatic N) is 1. The Kier molecular flexibility index (Phi) is 3.93. The molecule has 1 heterocycles. The van der Waals surface area contributed by atoms with Gasteiger partial charge in [0.05, 0.1) is 0 Å². The van der Waals surface area contributed by atoms with Crippen LogP contribution < -0.4 is 5.32 Å². The zero-order valence-electron chi connectivity index (χ0n) is 9.60. The first kappa shape index (κ1) is 11.5. The Labute approximate surface area is 86.9 Å². The molecule has 1 aliphatic rings. The van der Waals surface area contributed by atoms with Crippen LogP contribution in [0.1, 0.15) is 40.0 Å². The first-order valence-corrected chi connectivity index (χ1v) is 5.57. The van der Waals surface area contributed by atoms with Gasteiger partial charge in [0.25, 0.3) is 0 Å². The minimum atomic E-state index is -0.0859. The van der Waals surface area contributed by atoms with Crippen LogP contribution in [0.15, 0.2) is 0 Å². The van der Waals surface area contributed by atoms with Crippen LogP contribution in [0.5, 0.6) is 0 Å². The zero-order chi connectivity index (χ0) is 10.6. The summed E-state index contributed by atoms with van der Waals surface area (Å²) in [6.45, 7) is 9.43. The third-order valence-corrected chi connectivity index (χ3v) is 2.62. The Morgan fingerprint density at radius 3 is 2.43 bits per heavy atom. The molecule has 0 aliphatic carbocycles. The molecule has 3 nitrogen and oxygen atoms in total. The molecule has 1 fully saturated rings. The van der Waals surface area contributed by atoms with Gasteiger partial charge in [-0.1, -0.05) is 6.92 Å². The molecule has 0 unspecified atom stereocenters. The molecule has 0 saturated carbocycles. The number of carbonyl (C=O) groups is 1. The predicted molar refractivity (Wildman–Crippen MR) is 58.2 cm³/mol. The van der Waals surface area contributed by atoms with E-state index in [1.165, 1.54) is 25.9 Å². The van der Waals surface area contributed by atoms with Gasteiger partial charge >= 0.3 is 0 Å². The normalized spacial score (nSPS) is 18.5. The molecule has 1 N–H and O–H groups in total. The fourth-order valence-corrected chi connectivity index (χ4v) is 2.01. The maximum absolute atomic E-state index is 11.3. The largest absolute Gasteiger partial charge is 0.350 e. The molecule has 3 heteroatoms. The van der Waals surface area contributed by atoms with Crippen LogP contribution in [0.4, 0.5) is 0 Å². The molecule has 1 saturated heterocycles.